The van der Waals surface area contributed by atoms with Crippen molar-refractivity contribution in [2.45, 2.75) is 25.2 Å². The minimum absolute atomic E-state index is 0.116. The zero-order valence-corrected chi connectivity index (χ0v) is 9.73. The minimum atomic E-state index is -0.236. The van der Waals surface area contributed by atoms with Crippen LogP contribution in [0.15, 0.2) is 24.3 Å². The van der Waals surface area contributed by atoms with E-state index in [4.69, 9.17) is 4.74 Å². The summed E-state index contributed by atoms with van der Waals surface area (Å²) >= 11 is 0. The number of rotatable bonds is 2. The molecule has 0 heterocycles. The van der Waals surface area contributed by atoms with E-state index in [1.165, 1.54) is 0 Å². The van der Waals surface area contributed by atoms with Gasteiger partial charge in [-0.25, -0.2) is 0 Å². The Morgan fingerprint density at radius 3 is 3.00 bits per heavy atom. The summed E-state index contributed by atoms with van der Waals surface area (Å²) in [5, 5.41) is 0. The first-order valence-electron chi connectivity index (χ1n) is 5.98. The van der Waals surface area contributed by atoms with Crippen LogP contribution >= 0.6 is 0 Å². The van der Waals surface area contributed by atoms with Crippen molar-refractivity contribution in [3.05, 3.63) is 35.4 Å². The highest BCUT2D eigenvalue weighted by Crippen LogP contribution is 2.61. The summed E-state index contributed by atoms with van der Waals surface area (Å²) in [5.41, 5.74) is 1.60. The van der Waals surface area contributed by atoms with Crippen LogP contribution in [0.2, 0.25) is 0 Å². The monoisotopic (exact) mass is 230 g/mol. The molecule has 0 aliphatic heterocycles. The van der Waals surface area contributed by atoms with Crippen molar-refractivity contribution in [1.29, 1.82) is 0 Å². The summed E-state index contributed by atoms with van der Waals surface area (Å²) in [4.78, 5) is 23.6. The molecule has 0 bridgehead atoms. The first kappa shape index (κ1) is 10.5. The standard InChI is InChI=1S/C14H14O3/c1-2-17-13(16)11-7-14(11)8-12(15)9-5-3-4-6-10(9)14/h3-6,11H,2,7-8H2,1H3. The number of carbonyl (C=O) groups excluding carboxylic acids is 2. The fourth-order valence-electron chi connectivity index (χ4n) is 2.99. The summed E-state index contributed by atoms with van der Waals surface area (Å²) in [7, 11) is 0. The molecule has 0 amide bonds. The van der Waals surface area contributed by atoms with E-state index in [9.17, 15) is 9.59 Å². The average Bonchev–Trinajstić information content (AvgIpc) is 2.97. The number of carbonyl (C=O) groups is 2. The normalized spacial score (nSPS) is 29.2. The van der Waals surface area contributed by atoms with Gasteiger partial charge in [0.05, 0.1) is 12.5 Å². The van der Waals surface area contributed by atoms with E-state index in [1.807, 2.05) is 24.3 Å². The second-order valence-electron chi connectivity index (χ2n) is 4.81. The maximum atomic E-state index is 11.9. The fraction of sp³-hybridized carbons (Fsp3) is 0.429. The Morgan fingerprint density at radius 2 is 2.24 bits per heavy atom. The third-order valence-electron chi connectivity index (χ3n) is 3.89. The van der Waals surface area contributed by atoms with Crippen LogP contribution in [0.25, 0.3) is 0 Å². The van der Waals surface area contributed by atoms with Gasteiger partial charge in [-0.1, -0.05) is 24.3 Å². The lowest BCUT2D eigenvalue weighted by molar-refractivity contribution is -0.145. The molecule has 1 spiro atoms. The van der Waals surface area contributed by atoms with Crippen LogP contribution in [0.5, 0.6) is 0 Å². The zero-order chi connectivity index (χ0) is 12.0. The van der Waals surface area contributed by atoms with Crippen LogP contribution in [0.1, 0.15) is 35.7 Å². The van der Waals surface area contributed by atoms with E-state index < -0.39 is 0 Å². The largest absolute Gasteiger partial charge is 0.466 e. The third-order valence-corrected chi connectivity index (χ3v) is 3.89. The minimum Gasteiger partial charge on any atom is -0.466 e. The molecule has 17 heavy (non-hydrogen) atoms. The van der Waals surface area contributed by atoms with E-state index in [-0.39, 0.29) is 23.1 Å². The molecule has 88 valence electrons. The highest BCUT2D eigenvalue weighted by atomic mass is 16.5. The summed E-state index contributed by atoms with van der Waals surface area (Å²) in [6, 6.07) is 7.63. The van der Waals surface area contributed by atoms with Gasteiger partial charge < -0.3 is 4.74 Å². The summed E-state index contributed by atoms with van der Waals surface area (Å²) in [6.07, 6.45) is 1.23. The van der Waals surface area contributed by atoms with Crippen molar-refractivity contribution >= 4 is 11.8 Å². The van der Waals surface area contributed by atoms with Crippen molar-refractivity contribution < 1.29 is 14.3 Å². The first-order valence-corrected chi connectivity index (χ1v) is 5.98. The fourth-order valence-corrected chi connectivity index (χ4v) is 2.99. The molecule has 1 aromatic rings. The second-order valence-corrected chi connectivity index (χ2v) is 4.81. The summed E-state index contributed by atoms with van der Waals surface area (Å²) < 4.78 is 5.05. The average molecular weight is 230 g/mol. The number of benzene rings is 1. The van der Waals surface area contributed by atoms with Crippen LogP contribution in [-0.4, -0.2) is 18.4 Å². The van der Waals surface area contributed by atoms with Gasteiger partial charge in [0, 0.05) is 17.4 Å². The smallest absolute Gasteiger partial charge is 0.309 e. The molecule has 0 saturated heterocycles. The van der Waals surface area contributed by atoms with Crippen molar-refractivity contribution in [3.63, 3.8) is 0 Å². The van der Waals surface area contributed by atoms with E-state index in [0.717, 1.165) is 17.5 Å². The van der Waals surface area contributed by atoms with Crippen molar-refractivity contribution in [2.24, 2.45) is 5.92 Å². The highest BCUT2D eigenvalue weighted by molar-refractivity contribution is 6.04. The van der Waals surface area contributed by atoms with Crippen molar-refractivity contribution in [3.8, 4) is 0 Å². The number of ketones is 1. The Hall–Kier alpha value is -1.64. The van der Waals surface area contributed by atoms with Gasteiger partial charge in [-0.3, -0.25) is 9.59 Å². The molecule has 2 aliphatic rings. The molecule has 2 unspecified atom stereocenters. The molecule has 0 N–H and O–H groups in total. The maximum Gasteiger partial charge on any atom is 0.309 e. The zero-order valence-electron chi connectivity index (χ0n) is 9.73. The molecule has 3 rings (SSSR count). The van der Waals surface area contributed by atoms with Crippen LogP contribution in [0, 0.1) is 5.92 Å². The summed E-state index contributed by atoms with van der Waals surface area (Å²) in [5.74, 6) is -0.112. The molecule has 1 aromatic carbocycles. The quantitative estimate of drug-likeness (QED) is 0.731. The summed E-state index contributed by atoms with van der Waals surface area (Å²) in [6.45, 7) is 2.21. The van der Waals surface area contributed by atoms with Crippen LogP contribution in [0.3, 0.4) is 0 Å². The molecule has 3 heteroatoms. The van der Waals surface area contributed by atoms with Gasteiger partial charge in [0.1, 0.15) is 0 Å². The maximum absolute atomic E-state index is 11.9. The number of ether oxygens (including phenoxy) is 1. The lowest BCUT2D eigenvalue weighted by Crippen LogP contribution is -2.15. The van der Waals surface area contributed by atoms with Gasteiger partial charge in [-0.05, 0) is 18.9 Å². The lowest BCUT2D eigenvalue weighted by atomic mass is 9.95. The van der Waals surface area contributed by atoms with E-state index in [2.05, 4.69) is 0 Å². The Balaban J connectivity index is 1.94. The molecular weight excluding hydrogens is 216 g/mol. The second kappa shape index (κ2) is 3.42. The molecule has 0 aromatic heterocycles. The number of hydrogen-bond acceptors (Lipinski definition) is 3. The van der Waals surface area contributed by atoms with Crippen LogP contribution < -0.4 is 0 Å². The number of esters is 1. The Kier molecular flexibility index (Phi) is 2.12. The molecule has 2 aliphatic carbocycles. The molecule has 0 radical (unpaired) electrons. The topological polar surface area (TPSA) is 43.4 Å². The molecule has 1 fully saturated rings. The van der Waals surface area contributed by atoms with Gasteiger partial charge in [0.15, 0.2) is 5.78 Å². The van der Waals surface area contributed by atoms with Crippen molar-refractivity contribution in [2.75, 3.05) is 6.61 Å². The van der Waals surface area contributed by atoms with E-state index in [0.29, 0.717) is 13.0 Å². The Morgan fingerprint density at radius 1 is 1.47 bits per heavy atom. The van der Waals surface area contributed by atoms with Gasteiger partial charge in [0.25, 0.3) is 0 Å². The number of fused-ring (bicyclic) bond motifs is 2. The van der Waals surface area contributed by atoms with Crippen LogP contribution in [-0.2, 0) is 14.9 Å². The lowest BCUT2D eigenvalue weighted by Gasteiger charge is -2.09. The van der Waals surface area contributed by atoms with Gasteiger partial charge in [-0.15, -0.1) is 0 Å². The highest BCUT2D eigenvalue weighted by Gasteiger charge is 2.64. The van der Waals surface area contributed by atoms with Gasteiger partial charge >= 0.3 is 5.97 Å². The SMILES string of the molecule is CCOC(=O)C1CC12CC(=O)c1ccccc12. The molecular formula is C14H14O3. The number of hydrogen-bond donors (Lipinski definition) is 0. The molecule has 3 nitrogen and oxygen atoms in total. The van der Waals surface area contributed by atoms with Gasteiger partial charge in [0.2, 0.25) is 0 Å². The third kappa shape index (κ3) is 1.35. The Labute approximate surface area is 99.8 Å². The first-order chi connectivity index (χ1) is 8.19. The van der Waals surface area contributed by atoms with E-state index in [1.54, 1.807) is 6.92 Å². The van der Waals surface area contributed by atoms with E-state index >= 15 is 0 Å². The van der Waals surface area contributed by atoms with Gasteiger partial charge in [-0.2, -0.15) is 0 Å². The Bertz CT molecular complexity index is 506. The molecule has 1 saturated carbocycles. The predicted octanol–water partition coefficient (Wildman–Crippen LogP) is 2.09. The molecule has 2 atom stereocenters. The van der Waals surface area contributed by atoms with Crippen molar-refractivity contribution in [1.82, 2.24) is 0 Å². The van der Waals surface area contributed by atoms with Crippen LogP contribution in [0.4, 0.5) is 0 Å². The predicted molar refractivity (Wildman–Crippen MR) is 61.8 cm³/mol. The number of Topliss-reactive ketones (excluding diaryl/α,β-unsaturated/α-hetero) is 1.